The fraction of sp³-hybridized carbons (Fsp3) is 0.375. The fourth-order valence-electron chi connectivity index (χ4n) is 4.70. The number of carbonyl (C=O) groups excluding carboxylic acids is 1. The molecule has 182 valence electrons. The lowest BCUT2D eigenvalue weighted by Crippen LogP contribution is -2.44. The number of anilines is 3. The maximum Gasteiger partial charge on any atom is 0.224 e. The van der Waals surface area contributed by atoms with Crippen molar-refractivity contribution in [2.75, 3.05) is 29.0 Å². The SMILES string of the molecule is CC(=O)NC1CCN(c2nc3c(C)c(F)ccc3cc2[C@H](C)Nc2nc(N)nc3nc[nH]c23)CC1. The Hall–Kier alpha value is -4.02. The number of piperidine rings is 1. The summed E-state index contributed by atoms with van der Waals surface area (Å²) in [7, 11) is 0. The molecule has 10 nitrogen and oxygen atoms in total. The van der Waals surface area contributed by atoms with Crippen LogP contribution in [0.15, 0.2) is 24.5 Å². The van der Waals surface area contributed by atoms with Crippen LogP contribution in [0.25, 0.3) is 22.1 Å². The molecule has 1 atom stereocenters. The highest BCUT2D eigenvalue weighted by Gasteiger charge is 2.26. The van der Waals surface area contributed by atoms with Crippen molar-refractivity contribution in [3.63, 3.8) is 0 Å². The number of carbonyl (C=O) groups is 1. The molecule has 11 heteroatoms. The van der Waals surface area contributed by atoms with Crippen molar-refractivity contribution >= 4 is 45.6 Å². The Morgan fingerprint density at radius 1 is 1.26 bits per heavy atom. The van der Waals surface area contributed by atoms with Crippen LogP contribution in [0.2, 0.25) is 0 Å². The largest absolute Gasteiger partial charge is 0.368 e. The van der Waals surface area contributed by atoms with E-state index in [0.717, 1.165) is 42.7 Å². The molecule has 1 aliphatic rings. The van der Waals surface area contributed by atoms with Gasteiger partial charge in [-0.05, 0) is 44.9 Å². The van der Waals surface area contributed by atoms with Gasteiger partial charge in [-0.3, -0.25) is 4.79 Å². The van der Waals surface area contributed by atoms with Gasteiger partial charge in [0.05, 0.1) is 17.9 Å². The number of fused-ring (bicyclic) bond motifs is 2. The zero-order chi connectivity index (χ0) is 24.7. The average Bonchev–Trinajstić information content (AvgIpc) is 3.30. The normalized spacial score (nSPS) is 15.5. The molecule has 4 heterocycles. The number of imidazole rings is 1. The summed E-state index contributed by atoms with van der Waals surface area (Å²) < 4.78 is 14.4. The third-order valence-corrected chi connectivity index (χ3v) is 6.51. The number of nitrogens with one attached hydrogen (secondary N) is 3. The number of halogens is 1. The number of nitrogen functional groups attached to an aromatic ring is 1. The number of pyridine rings is 1. The zero-order valence-electron chi connectivity index (χ0n) is 19.9. The molecule has 5 rings (SSSR count). The van der Waals surface area contributed by atoms with Gasteiger partial charge in [-0.2, -0.15) is 9.97 Å². The molecule has 1 saturated heterocycles. The minimum absolute atomic E-state index is 0.0221. The maximum absolute atomic E-state index is 14.4. The molecular formula is C24H28FN9O. The maximum atomic E-state index is 14.4. The number of hydrogen-bond acceptors (Lipinski definition) is 8. The highest BCUT2D eigenvalue weighted by Crippen LogP contribution is 2.34. The number of nitrogens with two attached hydrogens (primary N) is 1. The lowest BCUT2D eigenvalue weighted by Gasteiger charge is -2.35. The van der Waals surface area contributed by atoms with E-state index < -0.39 is 0 Å². The second kappa shape index (κ2) is 8.97. The van der Waals surface area contributed by atoms with E-state index in [0.29, 0.717) is 28.1 Å². The molecule has 1 fully saturated rings. The number of H-pyrrole nitrogens is 1. The van der Waals surface area contributed by atoms with Gasteiger partial charge in [0.2, 0.25) is 11.9 Å². The minimum Gasteiger partial charge on any atom is -0.368 e. The Balaban J connectivity index is 1.53. The van der Waals surface area contributed by atoms with Gasteiger partial charge >= 0.3 is 0 Å². The summed E-state index contributed by atoms with van der Waals surface area (Å²) in [5.41, 5.74) is 9.15. The number of nitrogens with zero attached hydrogens (tertiary/aromatic N) is 5. The van der Waals surface area contributed by atoms with Crippen molar-refractivity contribution in [1.82, 2.24) is 30.2 Å². The number of rotatable bonds is 5. The minimum atomic E-state index is -0.280. The van der Waals surface area contributed by atoms with E-state index >= 15 is 0 Å². The number of aromatic nitrogens is 5. The molecule has 1 aromatic carbocycles. The predicted octanol–water partition coefficient (Wildman–Crippen LogP) is 3.21. The molecule has 0 bridgehead atoms. The molecule has 0 spiro atoms. The first kappa shape index (κ1) is 22.8. The molecule has 3 aromatic heterocycles. The summed E-state index contributed by atoms with van der Waals surface area (Å²) in [6, 6.07) is 5.21. The van der Waals surface area contributed by atoms with Crippen LogP contribution in [0.3, 0.4) is 0 Å². The third-order valence-electron chi connectivity index (χ3n) is 6.51. The van der Waals surface area contributed by atoms with Crippen molar-refractivity contribution in [1.29, 1.82) is 0 Å². The Labute approximate surface area is 201 Å². The van der Waals surface area contributed by atoms with E-state index in [1.54, 1.807) is 19.3 Å². The summed E-state index contributed by atoms with van der Waals surface area (Å²) in [6.07, 6.45) is 3.16. The van der Waals surface area contributed by atoms with Crippen LogP contribution in [0, 0.1) is 12.7 Å². The summed E-state index contributed by atoms with van der Waals surface area (Å²) in [5, 5.41) is 7.30. The van der Waals surface area contributed by atoms with Crippen LogP contribution >= 0.6 is 0 Å². The summed E-state index contributed by atoms with van der Waals surface area (Å²) in [6.45, 7) is 6.76. The number of amides is 1. The molecule has 1 aliphatic heterocycles. The van der Waals surface area contributed by atoms with Crippen LogP contribution in [0.5, 0.6) is 0 Å². The van der Waals surface area contributed by atoms with Crippen LogP contribution in [-0.4, -0.2) is 50.0 Å². The first-order valence-electron chi connectivity index (χ1n) is 11.6. The Morgan fingerprint density at radius 3 is 2.77 bits per heavy atom. The quantitative estimate of drug-likeness (QED) is 0.344. The van der Waals surface area contributed by atoms with Crippen molar-refractivity contribution < 1.29 is 9.18 Å². The van der Waals surface area contributed by atoms with Gasteiger partial charge in [-0.1, -0.05) is 0 Å². The van der Waals surface area contributed by atoms with Crippen molar-refractivity contribution in [3.8, 4) is 0 Å². The van der Waals surface area contributed by atoms with Crippen molar-refractivity contribution in [2.24, 2.45) is 0 Å². The first-order valence-corrected chi connectivity index (χ1v) is 11.6. The highest BCUT2D eigenvalue weighted by atomic mass is 19.1. The number of aromatic amines is 1. The van der Waals surface area contributed by atoms with E-state index in [-0.39, 0.29) is 29.8 Å². The number of benzene rings is 1. The summed E-state index contributed by atoms with van der Waals surface area (Å²) in [4.78, 5) is 34.4. The predicted molar refractivity (Wildman–Crippen MR) is 134 cm³/mol. The van der Waals surface area contributed by atoms with Crippen LogP contribution in [0.4, 0.5) is 22.0 Å². The van der Waals surface area contributed by atoms with Crippen LogP contribution in [-0.2, 0) is 4.79 Å². The molecular weight excluding hydrogens is 449 g/mol. The standard InChI is InChI=1S/C24H28FN9O/c1-12-18(25)5-4-15-10-17(13(2)29-22-20-21(28-11-27-20)32-24(26)33-22)23(31-19(12)15)34-8-6-16(7-9-34)30-14(3)35/h4-5,10-11,13,16H,6-9H2,1-3H3,(H,30,35)(H4,26,27,28,29,32,33)/t13-/m0/s1. The van der Waals surface area contributed by atoms with E-state index in [4.69, 9.17) is 10.7 Å². The highest BCUT2D eigenvalue weighted by molar-refractivity contribution is 5.86. The Kier molecular flexibility index (Phi) is 5.83. The zero-order valence-corrected chi connectivity index (χ0v) is 19.9. The molecule has 4 aromatic rings. The van der Waals surface area contributed by atoms with Gasteiger partial charge in [0, 0.05) is 42.6 Å². The summed E-state index contributed by atoms with van der Waals surface area (Å²) in [5.74, 6) is 1.16. The van der Waals surface area contributed by atoms with Gasteiger partial charge in [0.15, 0.2) is 11.5 Å². The van der Waals surface area contributed by atoms with Crippen molar-refractivity contribution in [2.45, 2.75) is 45.7 Å². The molecule has 0 unspecified atom stereocenters. The molecule has 35 heavy (non-hydrogen) atoms. The number of hydrogen-bond donors (Lipinski definition) is 4. The topological polar surface area (TPSA) is 138 Å². The molecule has 0 saturated carbocycles. The second-order valence-corrected chi connectivity index (χ2v) is 9.00. The van der Waals surface area contributed by atoms with Gasteiger partial charge in [0.1, 0.15) is 17.2 Å². The van der Waals surface area contributed by atoms with E-state index in [2.05, 4.69) is 41.5 Å². The molecule has 0 aliphatic carbocycles. The van der Waals surface area contributed by atoms with Crippen LogP contribution < -0.4 is 21.3 Å². The monoisotopic (exact) mass is 477 g/mol. The smallest absolute Gasteiger partial charge is 0.224 e. The van der Waals surface area contributed by atoms with Crippen molar-refractivity contribution in [3.05, 3.63) is 41.5 Å². The lowest BCUT2D eigenvalue weighted by molar-refractivity contribution is -0.119. The Bertz CT molecular complexity index is 1410. The molecule has 1 amide bonds. The van der Waals surface area contributed by atoms with Gasteiger partial charge in [0.25, 0.3) is 0 Å². The molecule has 0 radical (unpaired) electrons. The fourth-order valence-corrected chi connectivity index (χ4v) is 4.70. The van der Waals surface area contributed by atoms with Crippen LogP contribution in [0.1, 0.15) is 43.9 Å². The molecule has 5 N–H and O–H groups in total. The van der Waals surface area contributed by atoms with E-state index in [9.17, 15) is 9.18 Å². The third kappa shape index (κ3) is 4.41. The lowest BCUT2D eigenvalue weighted by atomic mass is 10.0. The average molecular weight is 478 g/mol. The Morgan fingerprint density at radius 2 is 2.03 bits per heavy atom. The first-order chi connectivity index (χ1) is 16.8. The van der Waals surface area contributed by atoms with E-state index in [1.807, 2.05) is 6.92 Å². The second-order valence-electron chi connectivity index (χ2n) is 9.00. The summed E-state index contributed by atoms with van der Waals surface area (Å²) >= 11 is 0. The van der Waals surface area contributed by atoms with Gasteiger partial charge in [-0.25, -0.2) is 14.4 Å². The van der Waals surface area contributed by atoms with E-state index in [1.165, 1.54) is 13.0 Å². The number of aryl methyl sites for hydroxylation is 1. The van der Waals surface area contributed by atoms with Gasteiger partial charge < -0.3 is 26.3 Å². The van der Waals surface area contributed by atoms with Gasteiger partial charge in [-0.15, -0.1) is 0 Å².